The Balaban J connectivity index is 1.03. The molecule has 4 heterocycles. The van der Waals surface area contributed by atoms with Crippen LogP contribution < -0.4 is 0 Å². The van der Waals surface area contributed by atoms with Crippen molar-refractivity contribution >= 4 is 65.9 Å². The van der Waals surface area contributed by atoms with Crippen LogP contribution in [0.3, 0.4) is 0 Å². The quantitative estimate of drug-likeness (QED) is 0.173. The average molecular weight is 819 g/mol. The molecule has 0 saturated carbocycles. The molecule has 298 valence electrons. The highest BCUT2D eigenvalue weighted by atomic mass is 16.3. The van der Waals surface area contributed by atoms with Crippen molar-refractivity contribution in [2.75, 3.05) is 0 Å². The molecule has 0 spiro atoms. The summed E-state index contributed by atoms with van der Waals surface area (Å²) in [4.78, 5) is 10.8. The molecular weight excluding hydrogens is 785 g/mol. The van der Waals surface area contributed by atoms with Crippen LogP contribution >= 0.6 is 0 Å². The summed E-state index contributed by atoms with van der Waals surface area (Å²) in [5.41, 5.74) is 16.2. The summed E-state index contributed by atoms with van der Waals surface area (Å²) in [6.45, 7) is 0. The number of hydrogen-bond acceptors (Lipinski definition) is 5. The zero-order valence-corrected chi connectivity index (χ0v) is 34.2. The standard InChI is InChI=1S/C59H34N2O3/c1-3-15-37(16-4-1)59(38-17-5-2-6-18-38)46-24-10-7-19-39(46)40-31-29-36(34-47(40)59)35-30-32-50-45(33-35)55-56(43-22-13-27-51-53(43)41-20-8-11-25-48(41)62-51)60-57(61-58(55)64-50)44-23-14-28-52-54(44)42-21-9-12-26-49(42)63-52/h1-34H. The first-order chi connectivity index (χ1) is 31.7. The summed E-state index contributed by atoms with van der Waals surface area (Å²) < 4.78 is 19.6. The van der Waals surface area contributed by atoms with Gasteiger partial charge in [-0.2, -0.15) is 4.98 Å². The molecule has 1 aliphatic rings. The molecule has 0 amide bonds. The third-order valence-corrected chi connectivity index (χ3v) is 13.4. The van der Waals surface area contributed by atoms with Gasteiger partial charge >= 0.3 is 0 Å². The van der Waals surface area contributed by atoms with E-state index in [0.717, 1.165) is 88.2 Å². The molecule has 0 unspecified atom stereocenters. The van der Waals surface area contributed by atoms with Gasteiger partial charge in [0, 0.05) is 38.1 Å². The maximum Gasteiger partial charge on any atom is 0.231 e. The Hall–Kier alpha value is -8.54. The minimum atomic E-state index is -0.510. The van der Waals surface area contributed by atoms with E-state index < -0.39 is 5.41 Å². The van der Waals surface area contributed by atoms with E-state index in [9.17, 15) is 0 Å². The molecule has 14 rings (SSSR count). The van der Waals surface area contributed by atoms with Crippen LogP contribution in [0.5, 0.6) is 0 Å². The molecule has 64 heavy (non-hydrogen) atoms. The first-order valence-corrected chi connectivity index (χ1v) is 21.6. The Morgan fingerprint density at radius 2 is 0.859 bits per heavy atom. The molecular formula is C59H34N2O3. The largest absolute Gasteiger partial charge is 0.456 e. The number of hydrogen-bond donors (Lipinski definition) is 0. The second-order valence-electron chi connectivity index (χ2n) is 16.7. The topological polar surface area (TPSA) is 65.2 Å². The Bertz CT molecular complexity index is 3990. The van der Waals surface area contributed by atoms with E-state index in [1.165, 1.54) is 33.4 Å². The maximum absolute atomic E-state index is 6.80. The molecule has 0 bridgehead atoms. The van der Waals surface area contributed by atoms with Gasteiger partial charge in [-0.25, -0.2) is 4.98 Å². The van der Waals surface area contributed by atoms with Crippen molar-refractivity contribution in [3.05, 3.63) is 229 Å². The molecule has 1 aliphatic carbocycles. The molecule has 4 aromatic heterocycles. The number of rotatable bonds is 5. The molecule has 0 radical (unpaired) electrons. The summed E-state index contributed by atoms with van der Waals surface area (Å²) >= 11 is 0. The molecule has 0 atom stereocenters. The summed E-state index contributed by atoms with van der Waals surface area (Å²) in [6, 6.07) is 72.8. The van der Waals surface area contributed by atoms with Gasteiger partial charge in [-0.3, -0.25) is 0 Å². The molecule has 5 heteroatoms. The Morgan fingerprint density at radius 3 is 1.58 bits per heavy atom. The number of para-hydroxylation sites is 2. The van der Waals surface area contributed by atoms with E-state index in [0.29, 0.717) is 11.5 Å². The molecule has 5 nitrogen and oxygen atoms in total. The van der Waals surface area contributed by atoms with E-state index in [4.69, 9.17) is 23.2 Å². The molecule has 0 fully saturated rings. The van der Waals surface area contributed by atoms with Crippen LogP contribution in [0.1, 0.15) is 22.3 Å². The van der Waals surface area contributed by atoms with E-state index in [2.05, 4.69) is 152 Å². The zero-order chi connectivity index (χ0) is 41.9. The van der Waals surface area contributed by atoms with Gasteiger partial charge in [0.1, 0.15) is 27.9 Å². The molecule has 0 aliphatic heterocycles. The highest BCUT2D eigenvalue weighted by Crippen LogP contribution is 2.57. The fraction of sp³-hybridized carbons (Fsp3) is 0.0169. The minimum absolute atomic E-state index is 0.510. The molecule has 13 aromatic rings. The molecule has 0 N–H and O–H groups in total. The van der Waals surface area contributed by atoms with Crippen LogP contribution in [-0.4, -0.2) is 9.97 Å². The first kappa shape index (κ1) is 35.1. The van der Waals surface area contributed by atoms with Crippen LogP contribution in [0.15, 0.2) is 220 Å². The van der Waals surface area contributed by atoms with Crippen LogP contribution in [0.2, 0.25) is 0 Å². The van der Waals surface area contributed by atoms with Gasteiger partial charge in [0.25, 0.3) is 0 Å². The van der Waals surface area contributed by atoms with Crippen molar-refractivity contribution in [1.82, 2.24) is 9.97 Å². The highest BCUT2D eigenvalue weighted by Gasteiger charge is 2.46. The van der Waals surface area contributed by atoms with Gasteiger partial charge in [0.05, 0.1) is 16.5 Å². The summed E-state index contributed by atoms with van der Waals surface area (Å²) in [5.74, 6) is 0.556. The van der Waals surface area contributed by atoms with E-state index in [-0.39, 0.29) is 0 Å². The number of nitrogens with zero attached hydrogens (tertiary/aromatic N) is 2. The minimum Gasteiger partial charge on any atom is -0.456 e. The predicted molar refractivity (Wildman–Crippen MR) is 257 cm³/mol. The second kappa shape index (κ2) is 13.2. The Labute approximate surface area is 366 Å². The van der Waals surface area contributed by atoms with E-state index in [1.807, 2.05) is 54.6 Å². The normalized spacial score (nSPS) is 13.1. The lowest BCUT2D eigenvalue weighted by molar-refractivity contribution is 0.653. The number of aromatic nitrogens is 2. The maximum atomic E-state index is 6.80. The fourth-order valence-electron chi connectivity index (χ4n) is 10.7. The summed E-state index contributed by atoms with van der Waals surface area (Å²) in [7, 11) is 0. The van der Waals surface area contributed by atoms with Crippen molar-refractivity contribution in [3.63, 3.8) is 0 Å². The predicted octanol–water partition coefficient (Wildman–Crippen LogP) is 15.5. The highest BCUT2D eigenvalue weighted by molar-refractivity contribution is 6.19. The van der Waals surface area contributed by atoms with Crippen LogP contribution in [0.4, 0.5) is 0 Å². The molecule has 0 saturated heterocycles. The SMILES string of the molecule is c1ccc(C2(c3ccccc3)c3ccccc3-c3ccc(-c4ccc5oc6nc(-c7cccc8oc9ccccc9c78)nc(-c7cccc8oc9ccccc9c78)c6c5c4)cc32)cc1. The summed E-state index contributed by atoms with van der Waals surface area (Å²) in [6.07, 6.45) is 0. The Morgan fingerprint density at radius 1 is 0.328 bits per heavy atom. The second-order valence-corrected chi connectivity index (χ2v) is 16.7. The third-order valence-electron chi connectivity index (χ3n) is 13.4. The molecule has 9 aromatic carbocycles. The van der Waals surface area contributed by atoms with Gasteiger partial charge < -0.3 is 13.3 Å². The number of fused-ring (bicyclic) bond motifs is 12. The Kier molecular flexibility index (Phi) is 7.26. The summed E-state index contributed by atoms with van der Waals surface area (Å²) in [5, 5.41) is 5.78. The van der Waals surface area contributed by atoms with Crippen molar-refractivity contribution in [2.45, 2.75) is 5.41 Å². The van der Waals surface area contributed by atoms with Crippen LogP contribution in [0, 0.1) is 0 Å². The average Bonchev–Trinajstić information content (AvgIpc) is 4.12. The van der Waals surface area contributed by atoms with Gasteiger partial charge in [0.15, 0.2) is 5.82 Å². The number of benzene rings is 9. The van der Waals surface area contributed by atoms with E-state index >= 15 is 0 Å². The lowest BCUT2D eigenvalue weighted by atomic mass is 9.67. The van der Waals surface area contributed by atoms with Gasteiger partial charge in [-0.1, -0.05) is 164 Å². The smallest absolute Gasteiger partial charge is 0.231 e. The van der Waals surface area contributed by atoms with E-state index in [1.54, 1.807) is 0 Å². The van der Waals surface area contributed by atoms with Crippen molar-refractivity contribution in [2.24, 2.45) is 0 Å². The van der Waals surface area contributed by atoms with Crippen molar-refractivity contribution in [1.29, 1.82) is 0 Å². The lowest BCUT2D eigenvalue weighted by Crippen LogP contribution is -2.28. The van der Waals surface area contributed by atoms with Crippen LogP contribution in [-0.2, 0) is 5.41 Å². The van der Waals surface area contributed by atoms with Crippen molar-refractivity contribution < 1.29 is 13.3 Å². The van der Waals surface area contributed by atoms with Crippen LogP contribution in [0.25, 0.3) is 111 Å². The van der Waals surface area contributed by atoms with Gasteiger partial charge in [-0.15, -0.1) is 0 Å². The number of furan rings is 3. The van der Waals surface area contributed by atoms with Gasteiger partial charge in [-0.05, 0) is 87.0 Å². The first-order valence-electron chi connectivity index (χ1n) is 21.6. The fourth-order valence-corrected chi connectivity index (χ4v) is 10.7. The third kappa shape index (κ3) is 4.83. The zero-order valence-electron chi connectivity index (χ0n) is 34.2. The van der Waals surface area contributed by atoms with Crippen molar-refractivity contribution in [3.8, 4) is 44.9 Å². The van der Waals surface area contributed by atoms with Gasteiger partial charge in [0.2, 0.25) is 5.71 Å². The monoisotopic (exact) mass is 818 g/mol. The lowest BCUT2D eigenvalue weighted by Gasteiger charge is -2.34.